The van der Waals surface area contributed by atoms with E-state index in [1.165, 1.54) is 17.8 Å². The Morgan fingerprint density at radius 2 is 1.95 bits per heavy atom. The molecule has 1 heterocycles. The van der Waals surface area contributed by atoms with E-state index in [4.69, 9.17) is 23.2 Å². The van der Waals surface area contributed by atoms with Gasteiger partial charge in [-0.25, -0.2) is 4.98 Å². The molecule has 0 bridgehead atoms. The molecule has 7 heteroatoms. The first-order valence-electron chi connectivity index (χ1n) is 5.25. The van der Waals surface area contributed by atoms with Crippen LogP contribution < -0.4 is 0 Å². The Balaban J connectivity index is 2.19. The number of benzene rings is 1. The van der Waals surface area contributed by atoms with Crippen molar-refractivity contribution >= 4 is 40.7 Å². The van der Waals surface area contributed by atoms with Crippen LogP contribution in [0.25, 0.3) is 0 Å². The highest BCUT2D eigenvalue weighted by atomic mass is 35.5. The molecule has 0 saturated heterocycles. The SMILES string of the molecule is O=[N+]([O-])c1ccccc1SCc1nc(Cl)ccc1Cl. The highest BCUT2D eigenvalue weighted by Gasteiger charge is 2.13. The van der Waals surface area contributed by atoms with Crippen molar-refractivity contribution in [2.45, 2.75) is 10.6 Å². The van der Waals surface area contributed by atoms with E-state index in [-0.39, 0.29) is 5.69 Å². The number of hydrogen-bond acceptors (Lipinski definition) is 4. The molecule has 2 rings (SSSR count). The fraction of sp³-hybridized carbons (Fsp3) is 0.0833. The number of thioether (sulfide) groups is 1. The summed E-state index contributed by atoms with van der Waals surface area (Å²) in [7, 11) is 0. The molecule has 0 aliphatic heterocycles. The predicted octanol–water partition coefficient (Wildman–Crippen LogP) is 4.59. The number of para-hydroxylation sites is 1. The van der Waals surface area contributed by atoms with E-state index in [2.05, 4.69) is 4.98 Å². The van der Waals surface area contributed by atoms with Gasteiger partial charge in [0.1, 0.15) is 5.15 Å². The lowest BCUT2D eigenvalue weighted by molar-refractivity contribution is -0.387. The molecule has 0 aliphatic rings. The van der Waals surface area contributed by atoms with E-state index in [0.717, 1.165) is 0 Å². The molecule has 19 heavy (non-hydrogen) atoms. The lowest BCUT2D eigenvalue weighted by Crippen LogP contribution is -1.92. The van der Waals surface area contributed by atoms with Crippen LogP contribution in [-0.2, 0) is 5.75 Å². The van der Waals surface area contributed by atoms with Gasteiger partial charge in [-0.05, 0) is 18.2 Å². The fourth-order valence-corrected chi connectivity index (χ4v) is 2.83. The molecule has 0 saturated carbocycles. The van der Waals surface area contributed by atoms with E-state index >= 15 is 0 Å². The van der Waals surface area contributed by atoms with E-state index in [1.54, 1.807) is 30.3 Å². The summed E-state index contributed by atoms with van der Waals surface area (Å²) in [6.45, 7) is 0. The maximum Gasteiger partial charge on any atom is 0.282 e. The van der Waals surface area contributed by atoms with Gasteiger partial charge in [-0.1, -0.05) is 35.3 Å². The maximum absolute atomic E-state index is 10.9. The summed E-state index contributed by atoms with van der Waals surface area (Å²) in [5, 5.41) is 11.7. The molecular formula is C12H8Cl2N2O2S. The molecule has 0 atom stereocenters. The highest BCUT2D eigenvalue weighted by molar-refractivity contribution is 7.98. The number of nitrogens with zero attached hydrogens (tertiary/aromatic N) is 2. The highest BCUT2D eigenvalue weighted by Crippen LogP contribution is 2.32. The summed E-state index contributed by atoms with van der Waals surface area (Å²) in [6.07, 6.45) is 0. The van der Waals surface area contributed by atoms with E-state index in [0.29, 0.717) is 26.5 Å². The fourth-order valence-electron chi connectivity index (χ4n) is 1.44. The van der Waals surface area contributed by atoms with Crippen LogP contribution in [0.3, 0.4) is 0 Å². The summed E-state index contributed by atoms with van der Waals surface area (Å²) in [4.78, 5) is 15.2. The second kappa shape index (κ2) is 6.23. The molecule has 0 amide bonds. The zero-order valence-electron chi connectivity index (χ0n) is 9.55. The van der Waals surface area contributed by atoms with Gasteiger partial charge in [0.2, 0.25) is 0 Å². The number of rotatable bonds is 4. The average molecular weight is 315 g/mol. The Kier molecular flexibility index (Phi) is 4.63. The van der Waals surface area contributed by atoms with E-state index in [1.807, 2.05) is 0 Å². The normalized spacial score (nSPS) is 10.4. The van der Waals surface area contributed by atoms with Crippen LogP contribution >= 0.6 is 35.0 Å². The second-order valence-corrected chi connectivity index (χ2v) is 5.39. The van der Waals surface area contributed by atoms with Crippen molar-refractivity contribution in [3.8, 4) is 0 Å². The third-order valence-electron chi connectivity index (χ3n) is 2.31. The van der Waals surface area contributed by atoms with Crippen LogP contribution in [0, 0.1) is 10.1 Å². The number of pyridine rings is 1. The zero-order valence-corrected chi connectivity index (χ0v) is 11.9. The van der Waals surface area contributed by atoms with Crippen molar-refractivity contribution in [1.82, 2.24) is 4.98 Å². The van der Waals surface area contributed by atoms with E-state index in [9.17, 15) is 10.1 Å². The van der Waals surface area contributed by atoms with Crippen molar-refractivity contribution in [3.05, 3.63) is 62.4 Å². The van der Waals surface area contributed by atoms with Gasteiger partial charge in [-0.2, -0.15) is 0 Å². The maximum atomic E-state index is 10.9. The van der Waals surface area contributed by atoms with Crippen LogP contribution in [0.2, 0.25) is 10.2 Å². The van der Waals surface area contributed by atoms with Gasteiger partial charge in [0.05, 0.1) is 20.5 Å². The largest absolute Gasteiger partial charge is 0.282 e. The lowest BCUT2D eigenvalue weighted by atomic mass is 10.3. The first kappa shape index (κ1) is 14.1. The lowest BCUT2D eigenvalue weighted by Gasteiger charge is -2.04. The van der Waals surface area contributed by atoms with Gasteiger partial charge >= 0.3 is 0 Å². The first-order valence-corrected chi connectivity index (χ1v) is 6.99. The quantitative estimate of drug-likeness (QED) is 0.358. The molecule has 0 N–H and O–H groups in total. The minimum Gasteiger partial charge on any atom is -0.258 e. The van der Waals surface area contributed by atoms with Gasteiger partial charge in [-0.3, -0.25) is 10.1 Å². The Morgan fingerprint density at radius 1 is 1.21 bits per heavy atom. The Morgan fingerprint density at radius 3 is 2.68 bits per heavy atom. The van der Waals surface area contributed by atoms with Crippen LogP contribution in [0.5, 0.6) is 0 Å². The monoisotopic (exact) mass is 314 g/mol. The summed E-state index contributed by atoms with van der Waals surface area (Å²) in [6, 6.07) is 9.81. The minimum atomic E-state index is -0.407. The average Bonchev–Trinajstić information content (AvgIpc) is 2.40. The summed E-state index contributed by atoms with van der Waals surface area (Å²) >= 11 is 13.1. The molecule has 0 unspecified atom stereocenters. The predicted molar refractivity (Wildman–Crippen MR) is 76.9 cm³/mol. The van der Waals surface area contributed by atoms with Crippen molar-refractivity contribution in [2.75, 3.05) is 0 Å². The zero-order chi connectivity index (χ0) is 13.8. The van der Waals surface area contributed by atoms with Crippen LogP contribution in [0.15, 0.2) is 41.3 Å². The molecular weight excluding hydrogens is 307 g/mol. The molecule has 1 aromatic heterocycles. The van der Waals surface area contributed by atoms with Gasteiger partial charge in [0.25, 0.3) is 5.69 Å². The third kappa shape index (κ3) is 3.59. The standard InChI is InChI=1S/C12H8Cl2N2O2S/c13-8-5-6-12(14)15-9(8)7-19-11-4-2-1-3-10(11)16(17)18/h1-6H,7H2. The van der Waals surface area contributed by atoms with Gasteiger partial charge < -0.3 is 0 Å². The van der Waals surface area contributed by atoms with Crippen LogP contribution in [0.4, 0.5) is 5.69 Å². The molecule has 0 radical (unpaired) electrons. The molecule has 4 nitrogen and oxygen atoms in total. The molecule has 0 aliphatic carbocycles. The van der Waals surface area contributed by atoms with Gasteiger partial charge in [0, 0.05) is 11.8 Å². The Hall–Kier alpha value is -1.30. The first-order chi connectivity index (χ1) is 9.08. The number of halogens is 2. The summed E-state index contributed by atoms with van der Waals surface area (Å²) in [5.41, 5.74) is 0.683. The topological polar surface area (TPSA) is 56.0 Å². The molecule has 0 spiro atoms. The molecule has 98 valence electrons. The Bertz CT molecular complexity index is 622. The van der Waals surface area contributed by atoms with Crippen molar-refractivity contribution in [1.29, 1.82) is 0 Å². The molecule has 0 fully saturated rings. The van der Waals surface area contributed by atoms with Crippen LogP contribution in [-0.4, -0.2) is 9.91 Å². The van der Waals surface area contributed by atoms with Crippen molar-refractivity contribution < 1.29 is 4.92 Å². The number of nitro groups is 1. The molecule has 1 aromatic carbocycles. The van der Waals surface area contributed by atoms with Gasteiger partial charge in [0.15, 0.2) is 0 Å². The van der Waals surface area contributed by atoms with Crippen LogP contribution in [0.1, 0.15) is 5.69 Å². The Labute approximate surface area is 123 Å². The summed E-state index contributed by atoms with van der Waals surface area (Å²) in [5.74, 6) is 0.421. The molecule has 2 aromatic rings. The number of hydrogen-bond donors (Lipinski definition) is 0. The van der Waals surface area contributed by atoms with Gasteiger partial charge in [-0.15, -0.1) is 11.8 Å². The second-order valence-electron chi connectivity index (χ2n) is 3.58. The van der Waals surface area contributed by atoms with Crippen molar-refractivity contribution in [3.63, 3.8) is 0 Å². The van der Waals surface area contributed by atoms with E-state index < -0.39 is 4.92 Å². The number of aromatic nitrogens is 1. The minimum absolute atomic E-state index is 0.0747. The third-order valence-corrected chi connectivity index (χ3v) is 3.94. The summed E-state index contributed by atoms with van der Waals surface area (Å²) < 4.78 is 0. The smallest absolute Gasteiger partial charge is 0.258 e. The van der Waals surface area contributed by atoms with Crippen molar-refractivity contribution in [2.24, 2.45) is 0 Å². The number of nitro benzene ring substituents is 1.